The van der Waals surface area contributed by atoms with Gasteiger partial charge in [-0.15, -0.1) is 10.2 Å². The van der Waals surface area contributed by atoms with E-state index in [2.05, 4.69) is 20.5 Å². The second-order valence-corrected chi connectivity index (χ2v) is 5.65. The Morgan fingerprint density at radius 3 is 2.79 bits per heavy atom. The van der Waals surface area contributed by atoms with Crippen LogP contribution in [0.1, 0.15) is 48.7 Å². The van der Waals surface area contributed by atoms with Crippen LogP contribution in [0.15, 0.2) is 12.1 Å². The van der Waals surface area contributed by atoms with Gasteiger partial charge in [-0.2, -0.15) is 18.4 Å². The Bertz CT molecular complexity index is 789. The van der Waals surface area contributed by atoms with Crippen LogP contribution in [-0.4, -0.2) is 19.7 Å². The number of hydrogen-bond donors (Lipinski definition) is 1. The first-order valence-corrected chi connectivity index (χ1v) is 7.57. The van der Waals surface area contributed by atoms with Gasteiger partial charge in [0, 0.05) is 13.0 Å². The number of nitrogens with one attached hydrogen (secondary N) is 1. The van der Waals surface area contributed by atoms with E-state index >= 15 is 0 Å². The number of alkyl halides is 3. The van der Waals surface area contributed by atoms with E-state index < -0.39 is 17.9 Å². The first-order valence-electron chi connectivity index (χ1n) is 7.57. The second-order valence-electron chi connectivity index (χ2n) is 5.65. The van der Waals surface area contributed by atoms with Crippen molar-refractivity contribution >= 4 is 5.82 Å². The molecular formula is C15H15F3N6. The molecule has 0 amide bonds. The molecule has 3 rings (SSSR count). The molecule has 1 unspecified atom stereocenters. The van der Waals surface area contributed by atoms with Gasteiger partial charge in [0.25, 0.3) is 0 Å². The number of aromatic nitrogens is 4. The molecule has 2 aromatic rings. The molecule has 6 nitrogen and oxygen atoms in total. The molecule has 0 aromatic carbocycles. The highest BCUT2D eigenvalue weighted by molar-refractivity contribution is 5.53. The topological polar surface area (TPSA) is 79.4 Å². The Balaban J connectivity index is 1.90. The first-order chi connectivity index (χ1) is 11.4. The van der Waals surface area contributed by atoms with E-state index in [-0.39, 0.29) is 11.4 Å². The second kappa shape index (κ2) is 6.11. The molecule has 0 saturated carbocycles. The van der Waals surface area contributed by atoms with Crippen LogP contribution in [-0.2, 0) is 19.1 Å². The highest BCUT2D eigenvalue weighted by atomic mass is 19.4. The maximum Gasteiger partial charge on any atom is 0.433 e. The maximum atomic E-state index is 12.8. The zero-order valence-corrected chi connectivity index (χ0v) is 12.9. The number of nitriles is 1. The van der Waals surface area contributed by atoms with Gasteiger partial charge in [0.2, 0.25) is 0 Å². The van der Waals surface area contributed by atoms with Crippen LogP contribution in [0.2, 0.25) is 0 Å². The van der Waals surface area contributed by atoms with Crippen LogP contribution in [0.5, 0.6) is 0 Å². The predicted octanol–water partition coefficient (Wildman–Crippen LogP) is 3.07. The van der Waals surface area contributed by atoms with Crippen molar-refractivity contribution in [2.75, 3.05) is 5.32 Å². The number of anilines is 1. The average Bonchev–Trinajstić information content (AvgIpc) is 2.98. The largest absolute Gasteiger partial charge is 0.433 e. The van der Waals surface area contributed by atoms with E-state index in [0.717, 1.165) is 43.8 Å². The molecule has 0 saturated heterocycles. The van der Waals surface area contributed by atoms with Crippen LogP contribution in [0.4, 0.5) is 19.0 Å². The normalized spacial score (nSPS) is 15.5. The van der Waals surface area contributed by atoms with Gasteiger partial charge in [-0.1, -0.05) is 0 Å². The van der Waals surface area contributed by atoms with Gasteiger partial charge in [0.15, 0.2) is 5.82 Å². The quantitative estimate of drug-likeness (QED) is 0.932. The summed E-state index contributed by atoms with van der Waals surface area (Å²) < 4.78 is 40.5. The van der Waals surface area contributed by atoms with Crippen molar-refractivity contribution < 1.29 is 13.2 Å². The fourth-order valence-electron chi connectivity index (χ4n) is 2.74. The summed E-state index contributed by atoms with van der Waals surface area (Å²) in [6, 6.07) is 3.34. The number of aryl methyl sites for hydroxylation is 1. The Morgan fingerprint density at radius 2 is 2.08 bits per heavy atom. The van der Waals surface area contributed by atoms with Gasteiger partial charge >= 0.3 is 6.18 Å². The molecule has 126 valence electrons. The van der Waals surface area contributed by atoms with E-state index in [1.807, 2.05) is 10.6 Å². The van der Waals surface area contributed by atoms with Crippen molar-refractivity contribution in [2.24, 2.45) is 0 Å². The highest BCUT2D eigenvalue weighted by Crippen LogP contribution is 2.30. The van der Waals surface area contributed by atoms with Gasteiger partial charge in [-0.3, -0.25) is 0 Å². The number of fused-ring (bicyclic) bond motifs is 1. The highest BCUT2D eigenvalue weighted by Gasteiger charge is 2.33. The van der Waals surface area contributed by atoms with Gasteiger partial charge < -0.3 is 9.88 Å². The Labute approximate surface area is 136 Å². The summed E-state index contributed by atoms with van der Waals surface area (Å²) in [5.74, 6) is 1.41. The SMILES string of the molecule is CC(Nc1nc(C(F)(F)F)ccc1C#N)c1nnc2n1CCCC2. The molecule has 1 aliphatic heterocycles. The zero-order chi connectivity index (χ0) is 17.3. The summed E-state index contributed by atoms with van der Waals surface area (Å²) >= 11 is 0. The number of rotatable bonds is 3. The lowest BCUT2D eigenvalue weighted by atomic mass is 10.1. The van der Waals surface area contributed by atoms with Gasteiger partial charge in [-0.05, 0) is 31.9 Å². The van der Waals surface area contributed by atoms with Crippen molar-refractivity contribution in [3.05, 3.63) is 35.0 Å². The molecule has 3 heterocycles. The monoisotopic (exact) mass is 336 g/mol. The molecule has 0 aliphatic carbocycles. The van der Waals surface area contributed by atoms with Crippen molar-refractivity contribution in [1.29, 1.82) is 5.26 Å². The van der Waals surface area contributed by atoms with Crippen LogP contribution < -0.4 is 5.32 Å². The molecule has 9 heteroatoms. The molecule has 2 aromatic heterocycles. The molecule has 1 N–H and O–H groups in total. The first kappa shape index (κ1) is 16.2. The van der Waals surface area contributed by atoms with E-state index in [9.17, 15) is 13.2 Å². The lowest BCUT2D eigenvalue weighted by molar-refractivity contribution is -0.141. The van der Waals surface area contributed by atoms with Crippen LogP contribution in [0.25, 0.3) is 0 Å². The van der Waals surface area contributed by atoms with Crippen molar-refractivity contribution in [1.82, 2.24) is 19.7 Å². The fraction of sp³-hybridized carbons (Fsp3) is 0.467. The van der Waals surface area contributed by atoms with Gasteiger partial charge in [-0.25, -0.2) is 4.98 Å². The predicted molar refractivity (Wildman–Crippen MR) is 79.0 cm³/mol. The van der Waals surface area contributed by atoms with Crippen LogP contribution >= 0.6 is 0 Å². The number of pyridine rings is 1. The molecular weight excluding hydrogens is 321 g/mol. The fourth-order valence-corrected chi connectivity index (χ4v) is 2.74. The van der Waals surface area contributed by atoms with Crippen molar-refractivity contribution in [2.45, 2.75) is 44.9 Å². The summed E-state index contributed by atoms with van der Waals surface area (Å²) in [6.07, 6.45) is -1.67. The Kier molecular flexibility index (Phi) is 4.13. The molecule has 0 bridgehead atoms. The minimum absolute atomic E-state index is 0.0493. The van der Waals surface area contributed by atoms with Crippen molar-refractivity contribution in [3.8, 4) is 6.07 Å². The summed E-state index contributed by atoms with van der Waals surface area (Å²) in [4.78, 5) is 3.56. The van der Waals surface area contributed by atoms with Crippen LogP contribution in [0.3, 0.4) is 0 Å². The summed E-state index contributed by atoms with van der Waals surface area (Å²) in [5, 5.41) is 20.2. The average molecular weight is 336 g/mol. The lowest BCUT2D eigenvalue weighted by Gasteiger charge is -2.20. The van der Waals surface area contributed by atoms with E-state index in [1.54, 1.807) is 6.92 Å². The molecule has 0 spiro atoms. The summed E-state index contributed by atoms with van der Waals surface area (Å²) in [7, 11) is 0. The third-order valence-electron chi connectivity index (χ3n) is 3.93. The standard InChI is InChI=1S/C15H15F3N6/c1-9(14-23-22-12-4-2-3-7-24(12)14)20-13-10(8-19)5-6-11(21-13)15(16,17)18/h5-6,9H,2-4,7H2,1H3,(H,20,21). The molecule has 0 fully saturated rings. The Morgan fingerprint density at radius 1 is 1.29 bits per heavy atom. The maximum absolute atomic E-state index is 12.8. The Hall–Kier alpha value is -2.63. The summed E-state index contributed by atoms with van der Waals surface area (Å²) in [6.45, 7) is 2.54. The van der Waals surface area contributed by atoms with Crippen molar-refractivity contribution in [3.63, 3.8) is 0 Å². The molecule has 1 aliphatic rings. The minimum Gasteiger partial charge on any atom is -0.359 e. The number of halogens is 3. The zero-order valence-electron chi connectivity index (χ0n) is 12.9. The smallest absolute Gasteiger partial charge is 0.359 e. The minimum atomic E-state index is -4.57. The lowest BCUT2D eigenvalue weighted by Crippen LogP contribution is -2.19. The molecule has 0 radical (unpaired) electrons. The molecule has 1 atom stereocenters. The van der Waals surface area contributed by atoms with Gasteiger partial charge in [0.1, 0.15) is 23.4 Å². The number of hydrogen-bond acceptors (Lipinski definition) is 5. The third-order valence-corrected chi connectivity index (χ3v) is 3.93. The van der Waals surface area contributed by atoms with E-state index in [4.69, 9.17) is 5.26 Å². The van der Waals surface area contributed by atoms with Crippen LogP contribution in [0, 0.1) is 11.3 Å². The van der Waals surface area contributed by atoms with E-state index in [1.165, 1.54) is 0 Å². The number of nitrogens with zero attached hydrogens (tertiary/aromatic N) is 5. The third kappa shape index (κ3) is 3.04. The molecule has 24 heavy (non-hydrogen) atoms. The van der Waals surface area contributed by atoms with E-state index in [0.29, 0.717) is 5.82 Å². The van der Waals surface area contributed by atoms with Gasteiger partial charge in [0.05, 0.1) is 11.6 Å². The summed E-state index contributed by atoms with van der Waals surface area (Å²) in [5.41, 5.74) is -0.993.